The number of nitrogens with one attached hydrogen (secondary N) is 2. The molecule has 158 valence electrons. The summed E-state index contributed by atoms with van der Waals surface area (Å²) in [7, 11) is 0. The molecule has 0 aliphatic heterocycles. The van der Waals surface area contributed by atoms with Crippen LogP contribution < -0.4 is 15.6 Å². The van der Waals surface area contributed by atoms with Gasteiger partial charge in [-0.1, -0.05) is 11.6 Å². The van der Waals surface area contributed by atoms with E-state index < -0.39 is 5.91 Å². The molecule has 9 nitrogen and oxygen atoms in total. The van der Waals surface area contributed by atoms with E-state index in [4.69, 9.17) is 20.8 Å². The molecule has 0 bridgehead atoms. The van der Waals surface area contributed by atoms with Gasteiger partial charge >= 0.3 is 0 Å². The van der Waals surface area contributed by atoms with Crippen LogP contribution in [0.15, 0.2) is 57.9 Å². The van der Waals surface area contributed by atoms with Gasteiger partial charge < -0.3 is 14.5 Å². The zero-order valence-corrected chi connectivity index (χ0v) is 17.4. The van der Waals surface area contributed by atoms with Gasteiger partial charge in [-0.2, -0.15) is 9.78 Å². The minimum Gasteiger partial charge on any atom is -0.484 e. The first-order valence-electron chi connectivity index (χ1n) is 9.31. The van der Waals surface area contributed by atoms with Crippen LogP contribution in [0.5, 0.6) is 5.75 Å². The molecule has 10 heteroatoms. The van der Waals surface area contributed by atoms with E-state index in [1.165, 1.54) is 10.9 Å². The zero-order valence-electron chi connectivity index (χ0n) is 16.7. The van der Waals surface area contributed by atoms with Crippen molar-refractivity contribution >= 4 is 23.3 Å². The van der Waals surface area contributed by atoms with Crippen molar-refractivity contribution in [1.29, 1.82) is 0 Å². The molecule has 0 fully saturated rings. The Hall–Kier alpha value is -3.85. The molecule has 3 aromatic heterocycles. The van der Waals surface area contributed by atoms with E-state index in [1.54, 1.807) is 56.3 Å². The number of aromatic nitrogens is 4. The second kappa shape index (κ2) is 8.49. The van der Waals surface area contributed by atoms with Gasteiger partial charge in [0.25, 0.3) is 11.5 Å². The molecule has 1 amide bonds. The Kier molecular flexibility index (Phi) is 5.59. The maximum atomic E-state index is 12.5. The zero-order chi connectivity index (χ0) is 22.0. The molecule has 0 saturated heterocycles. The van der Waals surface area contributed by atoms with Crippen LogP contribution in [0.3, 0.4) is 0 Å². The number of aromatic amines is 1. The van der Waals surface area contributed by atoms with Crippen LogP contribution in [0, 0.1) is 13.8 Å². The number of benzene rings is 1. The highest BCUT2D eigenvalue weighted by Gasteiger charge is 2.18. The van der Waals surface area contributed by atoms with Crippen molar-refractivity contribution in [2.24, 2.45) is 0 Å². The Balaban J connectivity index is 1.62. The van der Waals surface area contributed by atoms with Crippen LogP contribution in [0.1, 0.15) is 11.3 Å². The Bertz CT molecular complexity index is 1280. The number of carbonyl (C=O) groups excluding carboxylic acids is 1. The van der Waals surface area contributed by atoms with Gasteiger partial charge in [0.1, 0.15) is 17.3 Å². The van der Waals surface area contributed by atoms with Crippen molar-refractivity contribution in [2.75, 3.05) is 11.9 Å². The first-order chi connectivity index (χ1) is 14.9. The molecule has 0 spiro atoms. The molecule has 0 saturated carbocycles. The standard InChI is InChI=1S/C21H18ClN5O4/c1-12-13(2)23-21(25-20(12)29)27-18(10-16(26-27)17-4-3-9-30-17)24-19(28)11-31-15-7-5-14(22)6-8-15/h3-10H,11H2,1-2H3,(H,24,28)(H,23,25,29). The fourth-order valence-electron chi connectivity index (χ4n) is 2.77. The van der Waals surface area contributed by atoms with Crippen molar-refractivity contribution in [3.8, 4) is 23.2 Å². The molecule has 0 unspecified atom stereocenters. The van der Waals surface area contributed by atoms with Gasteiger partial charge in [0.2, 0.25) is 5.95 Å². The van der Waals surface area contributed by atoms with Gasteiger partial charge in [-0.15, -0.1) is 0 Å². The first-order valence-corrected chi connectivity index (χ1v) is 9.68. The lowest BCUT2D eigenvalue weighted by Crippen LogP contribution is -2.23. The summed E-state index contributed by atoms with van der Waals surface area (Å²) in [4.78, 5) is 31.8. The summed E-state index contributed by atoms with van der Waals surface area (Å²) < 4.78 is 12.2. The number of halogens is 1. The number of hydrogen-bond donors (Lipinski definition) is 2. The molecule has 4 rings (SSSR count). The van der Waals surface area contributed by atoms with Gasteiger partial charge in [-0.25, -0.2) is 4.98 Å². The SMILES string of the molecule is Cc1nc(-n2nc(-c3ccco3)cc2NC(=O)COc2ccc(Cl)cc2)[nH]c(=O)c1C. The van der Waals surface area contributed by atoms with Crippen LogP contribution in [0.4, 0.5) is 5.82 Å². The third-order valence-electron chi connectivity index (χ3n) is 4.52. The number of H-pyrrole nitrogens is 1. The van der Waals surface area contributed by atoms with Gasteiger partial charge in [0.15, 0.2) is 12.4 Å². The minimum absolute atomic E-state index is 0.167. The number of ether oxygens (including phenoxy) is 1. The number of rotatable bonds is 6. The van der Waals surface area contributed by atoms with Crippen LogP contribution in [0.2, 0.25) is 5.02 Å². The van der Waals surface area contributed by atoms with Gasteiger partial charge in [-0.3, -0.25) is 14.6 Å². The third kappa shape index (κ3) is 4.51. The normalized spacial score (nSPS) is 10.8. The van der Waals surface area contributed by atoms with Crippen LogP contribution in [-0.4, -0.2) is 32.3 Å². The van der Waals surface area contributed by atoms with E-state index in [9.17, 15) is 9.59 Å². The number of aryl methyl sites for hydroxylation is 1. The van der Waals surface area contributed by atoms with Gasteiger partial charge in [0, 0.05) is 22.3 Å². The molecule has 3 heterocycles. The van der Waals surface area contributed by atoms with Crippen LogP contribution in [-0.2, 0) is 4.79 Å². The summed E-state index contributed by atoms with van der Waals surface area (Å²) in [6.07, 6.45) is 1.52. The molecule has 0 aliphatic rings. The van der Waals surface area contributed by atoms with Crippen LogP contribution in [0.25, 0.3) is 17.4 Å². The second-order valence-electron chi connectivity index (χ2n) is 6.69. The Labute approximate surface area is 181 Å². The average molecular weight is 440 g/mol. The smallest absolute Gasteiger partial charge is 0.263 e. The number of carbonyl (C=O) groups is 1. The Morgan fingerprint density at radius 1 is 1.26 bits per heavy atom. The summed E-state index contributed by atoms with van der Waals surface area (Å²) in [5.74, 6) is 1.04. The predicted molar refractivity (Wildman–Crippen MR) is 115 cm³/mol. The molecular weight excluding hydrogens is 422 g/mol. The van der Waals surface area contributed by atoms with E-state index in [-0.39, 0.29) is 18.1 Å². The molecule has 31 heavy (non-hydrogen) atoms. The lowest BCUT2D eigenvalue weighted by molar-refractivity contribution is -0.118. The van der Waals surface area contributed by atoms with Crippen LogP contribution >= 0.6 is 11.6 Å². The maximum Gasteiger partial charge on any atom is 0.263 e. The number of hydrogen-bond acceptors (Lipinski definition) is 6. The quantitative estimate of drug-likeness (QED) is 0.475. The van der Waals surface area contributed by atoms with E-state index in [0.29, 0.717) is 39.3 Å². The predicted octanol–water partition coefficient (Wildman–Crippen LogP) is 3.50. The van der Waals surface area contributed by atoms with Crippen molar-refractivity contribution < 1.29 is 13.9 Å². The second-order valence-corrected chi connectivity index (χ2v) is 7.13. The highest BCUT2D eigenvalue weighted by Crippen LogP contribution is 2.24. The van der Waals surface area contributed by atoms with Gasteiger partial charge in [0.05, 0.1) is 6.26 Å². The van der Waals surface area contributed by atoms with Crippen molar-refractivity contribution in [3.05, 3.63) is 75.4 Å². The summed E-state index contributed by atoms with van der Waals surface area (Å²) >= 11 is 5.85. The molecule has 0 atom stereocenters. The average Bonchev–Trinajstić information content (AvgIpc) is 3.41. The number of amides is 1. The molecule has 1 aromatic carbocycles. The Morgan fingerprint density at radius 3 is 2.71 bits per heavy atom. The molecule has 4 aromatic rings. The minimum atomic E-state index is -0.423. The largest absolute Gasteiger partial charge is 0.484 e. The summed E-state index contributed by atoms with van der Waals surface area (Å²) in [5, 5.41) is 7.74. The highest BCUT2D eigenvalue weighted by molar-refractivity contribution is 6.30. The Morgan fingerprint density at radius 2 is 2.03 bits per heavy atom. The third-order valence-corrected chi connectivity index (χ3v) is 4.77. The monoisotopic (exact) mass is 439 g/mol. The number of furan rings is 1. The molecular formula is C21H18ClN5O4. The number of anilines is 1. The van der Waals surface area contributed by atoms with E-state index in [2.05, 4.69) is 20.4 Å². The van der Waals surface area contributed by atoms with E-state index >= 15 is 0 Å². The molecule has 0 radical (unpaired) electrons. The van der Waals surface area contributed by atoms with Crippen molar-refractivity contribution in [2.45, 2.75) is 13.8 Å². The van der Waals surface area contributed by atoms with Crippen molar-refractivity contribution in [3.63, 3.8) is 0 Å². The van der Waals surface area contributed by atoms with E-state index in [1.807, 2.05) is 0 Å². The van der Waals surface area contributed by atoms with Crippen molar-refractivity contribution in [1.82, 2.24) is 19.7 Å². The fourth-order valence-corrected chi connectivity index (χ4v) is 2.89. The number of nitrogens with zero attached hydrogens (tertiary/aromatic N) is 3. The summed E-state index contributed by atoms with van der Waals surface area (Å²) in [6.45, 7) is 3.17. The lowest BCUT2D eigenvalue weighted by Gasteiger charge is -2.10. The highest BCUT2D eigenvalue weighted by atomic mass is 35.5. The summed E-state index contributed by atoms with van der Waals surface area (Å²) in [5.41, 5.74) is 1.22. The molecule has 2 N–H and O–H groups in total. The van der Waals surface area contributed by atoms with Gasteiger partial charge in [-0.05, 0) is 50.2 Å². The lowest BCUT2D eigenvalue weighted by atomic mass is 10.3. The molecule has 0 aliphatic carbocycles. The summed E-state index contributed by atoms with van der Waals surface area (Å²) in [6, 6.07) is 11.7. The van der Waals surface area contributed by atoms with E-state index in [0.717, 1.165) is 0 Å². The maximum absolute atomic E-state index is 12.5. The first kappa shape index (κ1) is 20.4. The fraction of sp³-hybridized carbons (Fsp3) is 0.143. The topological polar surface area (TPSA) is 115 Å².